The van der Waals surface area contributed by atoms with Crippen molar-refractivity contribution in [3.63, 3.8) is 0 Å². The summed E-state index contributed by atoms with van der Waals surface area (Å²) in [5.74, 6) is 1.19. The van der Waals surface area contributed by atoms with Crippen molar-refractivity contribution in [1.29, 1.82) is 0 Å². The molecule has 20 heavy (non-hydrogen) atoms. The van der Waals surface area contributed by atoms with Crippen molar-refractivity contribution in [3.8, 4) is 11.3 Å². The molecular weight excluding hydrogens is 246 g/mol. The Kier molecular flexibility index (Phi) is 2.88. The fraction of sp³-hybridized carbons (Fsp3) is 0.471. The maximum Gasteiger partial charge on any atom is 0.123 e. The molecule has 4 rings (SSSR count). The van der Waals surface area contributed by atoms with Gasteiger partial charge in [0.1, 0.15) is 5.82 Å². The first-order chi connectivity index (χ1) is 9.86. The molecule has 3 heteroatoms. The van der Waals surface area contributed by atoms with Crippen LogP contribution in [0.2, 0.25) is 0 Å². The van der Waals surface area contributed by atoms with Gasteiger partial charge in [-0.15, -0.1) is 0 Å². The average Bonchev–Trinajstić information content (AvgIpc) is 3.14. The van der Waals surface area contributed by atoms with Gasteiger partial charge in [0.15, 0.2) is 0 Å². The number of benzene rings is 1. The SMILES string of the molecule is CNCc1nc(-c2ccc3c(c2)CCC3)c2n1CCC2. The number of aryl methyl sites for hydroxylation is 2. The Labute approximate surface area is 120 Å². The third-order valence-corrected chi connectivity index (χ3v) is 4.65. The Morgan fingerprint density at radius 1 is 1.15 bits per heavy atom. The fourth-order valence-corrected chi connectivity index (χ4v) is 3.70. The van der Waals surface area contributed by atoms with E-state index in [4.69, 9.17) is 4.98 Å². The molecule has 2 aliphatic rings. The molecule has 0 saturated heterocycles. The first-order valence-corrected chi connectivity index (χ1v) is 7.72. The van der Waals surface area contributed by atoms with Crippen LogP contribution in [0.4, 0.5) is 0 Å². The van der Waals surface area contributed by atoms with Crippen molar-refractivity contribution < 1.29 is 0 Å². The molecule has 0 radical (unpaired) electrons. The lowest BCUT2D eigenvalue weighted by molar-refractivity contribution is 0.653. The maximum absolute atomic E-state index is 4.92. The summed E-state index contributed by atoms with van der Waals surface area (Å²) in [5, 5.41) is 3.24. The first-order valence-electron chi connectivity index (χ1n) is 7.72. The number of fused-ring (bicyclic) bond motifs is 2. The second-order valence-corrected chi connectivity index (χ2v) is 5.95. The molecule has 1 aromatic heterocycles. The van der Waals surface area contributed by atoms with E-state index in [0.717, 1.165) is 13.1 Å². The zero-order valence-electron chi connectivity index (χ0n) is 12.1. The summed E-state index contributed by atoms with van der Waals surface area (Å²) >= 11 is 0. The van der Waals surface area contributed by atoms with Crippen LogP contribution in [0.1, 0.15) is 35.5 Å². The summed E-state index contributed by atoms with van der Waals surface area (Å²) in [7, 11) is 1.99. The molecule has 1 N–H and O–H groups in total. The van der Waals surface area contributed by atoms with Gasteiger partial charge in [-0.1, -0.05) is 12.1 Å². The molecule has 0 bridgehead atoms. The summed E-state index contributed by atoms with van der Waals surface area (Å²) in [5.41, 5.74) is 7.06. The quantitative estimate of drug-likeness (QED) is 0.926. The number of hydrogen-bond donors (Lipinski definition) is 1. The highest BCUT2D eigenvalue weighted by Crippen LogP contribution is 2.32. The van der Waals surface area contributed by atoms with Gasteiger partial charge in [0, 0.05) is 17.8 Å². The normalized spacial score (nSPS) is 16.4. The summed E-state index contributed by atoms with van der Waals surface area (Å²) in [6, 6.07) is 6.97. The predicted octanol–water partition coefficient (Wildman–Crippen LogP) is 2.70. The van der Waals surface area contributed by atoms with Crippen LogP contribution in [-0.4, -0.2) is 16.6 Å². The van der Waals surface area contributed by atoms with Gasteiger partial charge in [-0.3, -0.25) is 0 Å². The van der Waals surface area contributed by atoms with Crippen molar-refractivity contribution in [3.05, 3.63) is 40.8 Å². The number of nitrogens with one attached hydrogen (secondary N) is 1. The molecule has 0 fully saturated rings. The minimum absolute atomic E-state index is 0.859. The van der Waals surface area contributed by atoms with E-state index in [0.29, 0.717) is 0 Å². The number of imidazole rings is 1. The summed E-state index contributed by atoms with van der Waals surface area (Å²) in [6.07, 6.45) is 6.23. The van der Waals surface area contributed by atoms with Crippen LogP contribution >= 0.6 is 0 Å². The molecule has 0 saturated carbocycles. The van der Waals surface area contributed by atoms with E-state index in [2.05, 4.69) is 28.1 Å². The Morgan fingerprint density at radius 2 is 2.05 bits per heavy atom. The third-order valence-electron chi connectivity index (χ3n) is 4.65. The van der Waals surface area contributed by atoms with E-state index in [1.54, 1.807) is 5.56 Å². The lowest BCUT2D eigenvalue weighted by Crippen LogP contribution is -2.11. The molecule has 104 valence electrons. The van der Waals surface area contributed by atoms with Crippen LogP contribution in [0.25, 0.3) is 11.3 Å². The highest BCUT2D eigenvalue weighted by atomic mass is 15.1. The zero-order chi connectivity index (χ0) is 13.5. The highest BCUT2D eigenvalue weighted by Gasteiger charge is 2.22. The van der Waals surface area contributed by atoms with Crippen molar-refractivity contribution in [2.24, 2.45) is 0 Å². The molecule has 1 aromatic carbocycles. The number of aromatic nitrogens is 2. The molecule has 2 aromatic rings. The van der Waals surface area contributed by atoms with Crippen LogP contribution in [0.5, 0.6) is 0 Å². The van der Waals surface area contributed by atoms with Gasteiger partial charge in [-0.05, 0) is 56.3 Å². The molecular formula is C17H21N3. The summed E-state index contributed by atoms with van der Waals surface area (Å²) in [4.78, 5) is 4.92. The monoisotopic (exact) mass is 267 g/mol. The van der Waals surface area contributed by atoms with Crippen molar-refractivity contribution in [2.45, 2.75) is 45.2 Å². The first kappa shape index (κ1) is 12.2. The van der Waals surface area contributed by atoms with Crippen molar-refractivity contribution in [2.75, 3.05) is 7.05 Å². The smallest absolute Gasteiger partial charge is 0.123 e. The van der Waals surface area contributed by atoms with Gasteiger partial charge in [0.2, 0.25) is 0 Å². The Bertz CT molecular complexity index is 654. The fourth-order valence-electron chi connectivity index (χ4n) is 3.70. The van der Waals surface area contributed by atoms with E-state index in [9.17, 15) is 0 Å². The van der Waals surface area contributed by atoms with Crippen LogP contribution in [-0.2, 0) is 32.4 Å². The molecule has 2 heterocycles. The highest BCUT2D eigenvalue weighted by molar-refractivity contribution is 5.65. The molecule has 1 aliphatic heterocycles. The molecule has 0 unspecified atom stereocenters. The van der Waals surface area contributed by atoms with Gasteiger partial charge in [-0.2, -0.15) is 0 Å². The van der Waals surface area contributed by atoms with Gasteiger partial charge in [0.25, 0.3) is 0 Å². The van der Waals surface area contributed by atoms with E-state index in [1.165, 1.54) is 60.4 Å². The maximum atomic E-state index is 4.92. The second kappa shape index (κ2) is 4.74. The van der Waals surface area contributed by atoms with Crippen molar-refractivity contribution in [1.82, 2.24) is 14.9 Å². The standard InChI is InChI=1S/C17H21N3/c1-18-11-16-19-17(15-6-3-9-20(15)16)14-8-7-12-4-2-5-13(12)10-14/h7-8,10,18H,2-6,9,11H2,1H3. The minimum Gasteiger partial charge on any atom is -0.330 e. The predicted molar refractivity (Wildman–Crippen MR) is 80.8 cm³/mol. The summed E-state index contributed by atoms with van der Waals surface area (Å²) in [6.45, 7) is 1.99. The molecule has 0 amide bonds. The van der Waals surface area contributed by atoms with Gasteiger partial charge >= 0.3 is 0 Å². The molecule has 3 nitrogen and oxygen atoms in total. The Morgan fingerprint density at radius 3 is 2.95 bits per heavy atom. The number of hydrogen-bond acceptors (Lipinski definition) is 2. The van der Waals surface area contributed by atoms with Crippen LogP contribution < -0.4 is 5.32 Å². The van der Waals surface area contributed by atoms with Crippen molar-refractivity contribution >= 4 is 0 Å². The lowest BCUT2D eigenvalue weighted by atomic mass is 10.0. The largest absolute Gasteiger partial charge is 0.330 e. The van der Waals surface area contributed by atoms with Crippen LogP contribution in [0.15, 0.2) is 18.2 Å². The van der Waals surface area contributed by atoms with E-state index < -0.39 is 0 Å². The minimum atomic E-state index is 0.859. The third kappa shape index (κ3) is 1.80. The van der Waals surface area contributed by atoms with E-state index in [1.807, 2.05) is 7.05 Å². The Balaban J connectivity index is 1.80. The van der Waals surface area contributed by atoms with Gasteiger partial charge < -0.3 is 9.88 Å². The van der Waals surface area contributed by atoms with Crippen LogP contribution in [0, 0.1) is 0 Å². The van der Waals surface area contributed by atoms with E-state index >= 15 is 0 Å². The Hall–Kier alpha value is -1.61. The number of rotatable bonds is 3. The zero-order valence-corrected chi connectivity index (χ0v) is 12.1. The topological polar surface area (TPSA) is 29.9 Å². The van der Waals surface area contributed by atoms with Crippen LogP contribution in [0.3, 0.4) is 0 Å². The number of nitrogens with zero attached hydrogens (tertiary/aromatic N) is 2. The lowest BCUT2D eigenvalue weighted by Gasteiger charge is -2.04. The summed E-state index contributed by atoms with van der Waals surface area (Å²) < 4.78 is 2.42. The molecule has 1 aliphatic carbocycles. The van der Waals surface area contributed by atoms with Gasteiger partial charge in [-0.25, -0.2) is 4.98 Å². The average molecular weight is 267 g/mol. The second-order valence-electron chi connectivity index (χ2n) is 5.95. The molecule has 0 atom stereocenters. The molecule has 0 spiro atoms. The van der Waals surface area contributed by atoms with Gasteiger partial charge in [0.05, 0.1) is 12.2 Å². The van der Waals surface area contributed by atoms with E-state index in [-0.39, 0.29) is 0 Å².